The fraction of sp³-hybridized carbons (Fsp3) is 0.438. The fourth-order valence-corrected chi connectivity index (χ4v) is 1.95. The molecular weight excluding hydrogens is 238 g/mol. The number of carboxylic acid groups (broad SMARTS) is 1. The van der Waals surface area contributed by atoms with Crippen LogP contribution in [0.1, 0.15) is 37.8 Å². The van der Waals surface area contributed by atoms with Gasteiger partial charge >= 0.3 is 5.97 Å². The summed E-state index contributed by atoms with van der Waals surface area (Å²) in [4.78, 5) is 12.9. The summed E-state index contributed by atoms with van der Waals surface area (Å²) in [5, 5.41) is 8.63. The van der Waals surface area contributed by atoms with E-state index in [4.69, 9.17) is 5.11 Å². The Labute approximate surface area is 115 Å². The van der Waals surface area contributed by atoms with Crippen molar-refractivity contribution in [1.82, 2.24) is 4.90 Å². The van der Waals surface area contributed by atoms with Crippen LogP contribution in [0.4, 0.5) is 0 Å². The minimum atomic E-state index is -0.913. The largest absolute Gasteiger partial charge is 0.478 e. The Hall–Kier alpha value is -1.61. The molecule has 0 aliphatic heterocycles. The van der Waals surface area contributed by atoms with E-state index in [0.29, 0.717) is 0 Å². The van der Waals surface area contributed by atoms with Gasteiger partial charge in [-0.3, -0.25) is 4.90 Å². The molecule has 104 valence electrons. The minimum absolute atomic E-state index is 0.913. The zero-order valence-electron chi connectivity index (χ0n) is 11.8. The Kier molecular flexibility index (Phi) is 6.90. The molecule has 1 rings (SSSR count). The van der Waals surface area contributed by atoms with E-state index in [1.807, 2.05) is 18.2 Å². The van der Waals surface area contributed by atoms with Crippen molar-refractivity contribution >= 4 is 12.0 Å². The van der Waals surface area contributed by atoms with Crippen molar-refractivity contribution in [2.24, 2.45) is 0 Å². The van der Waals surface area contributed by atoms with Crippen LogP contribution in [0.25, 0.3) is 6.08 Å². The molecule has 0 aliphatic rings. The lowest BCUT2D eigenvalue weighted by molar-refractivity contribution is -0.131. The van der Waals surface area contributed by atoms with Gasteiger partial charge in [0.25, 0.3) is 0 Å². The van der Waals surface area contributed by atoms with E-state index in [1.54, 1.807) is 6.08 Å². The molecule has 19 heavy (non-hydrogen) atoms. The number of carbonyl (C=O) groups is 1. The van der Waals surface area contributed by atoms with Crippen LogP contribution in [0, 0.1) is 0 Å². The van der Waals surface area contributed by atoms with Gasteiger partial charge in [-0.15, -0.1) is 0 Å². The van der Waals surface area contributed by atoms with Crippen molar-refractivity contribution in [1.29, 1.82) is 0 Å². The Morgan fingerprint density at radius 1 is 1.37 bits per heavy atom. The molecule has 3 nitrogen and oxygen atoms in total. The van der Waals surface area contributed by atoms with Crippen molar-refractivity contribution in [3.8, 4) is 0 Å². The number of aliphatic carboxylic acids is 1. The highest BCUT2D eigenvalue weighted by atomic mass is 16.4. The summed E-state index contributed by atoms with van der Waals surface area (Å²) < 4.78 is 0. The molecule has 0 atom stereocenters. The van der Waals surface area contributed by atoms with Crippen molar-refractivity contribution in [3.05, 3.63) is 41.5 Å². The molecule has 0 saturated heterocycles. The van der Waals surface area contributed by atoms with E-state index >= 15 is 0 Å². The van der Waals surface area contributed by atoms with Crippen LogP contribution < -0.4 is 0 Å². The highest BCUT2D eigenvalue weighted by molar-refractivity contribution is 5.85. The SMILES string of the molecule is CCCCN(CC)Cc1cccc(C=CC(=O)O)c1. The highest BCUT2D eigenvalue weighted by Crippen LogP contribution is 2.10. The Bertz CT molecular complexity index is 427. The third-order valence-corrected chi connectivity index (χ3v) is 3.05. The smallest absolute Gasteiger partial charge is 0.328 e. The molecule has 0 aliphatic carbocycles. The second-order valence-electron chi connectivity index (χ2n) is 4.64. The maximum Gasteiger partial charge on any atom is 0.328 e. The van der Waals surface area contributed by atoms with E-state index in [2.05, 4.69) is 24.8 Å². The lowest BCUT2D eigenvalue weighted by Gasteiger charge is -2.20. The number of hydrogen-bond acceptors (Lipinski definition) is 2. The molecule has 0 aromatic heterocycles. The summed E-state index contributed by atoms with van der Waals surface area (Å²) in [5.74, 6) is -0.913. The van der Waals surface area contributed by atoms with Crippen molar-refractivity contribution in [3.63, 3.8) is 0 Å². The first-order valence-electron chi connectivity index (χ1n) is 6.88. The van der Waals surface area contributed by atoms with Crippen molar-refractivity contribution < 1.29 is 9.90 Å². The van der Waals surface area contributed by atoms with Gasteiger partial charge in [-0.05, 0) is 36.7 Å². The van der Waals surface area contributed by atoms with Crippen LogP contribution in [0.2, 0.25) is 0 Å². The van der Waals surface area contributed by atoms with Crippen molar-refractivity contribution in [2.75, 3.05) is 13.1 Å². The normalized spacial score (nSPS) is 11.3. The molecule has 0 bridgehead atoms. The van der Waals surface area contributed by atoms with E-state index in [1.165, 1.54) is 24.5 Å². The lowest BCUT2D eigenvalue weighted by atomic mass is 10.1. The first-order chi connectivity index (χ1) is 9.15. The molecule has 0 radical (unpaired) electrons. The second-order valence-corrected chi connectivity index (χ2v) is 4.64. The van der Waals surface area contributed by atoms with Crippen LogP contribution in [-0.4, -0.2) is 29.1 Å². The quantitative estimate of drug-likeness (QED) is 0.729. The molecule has 0 unspecified atom stereocenters. The minimum Gasteiger partial charge on any atom is -0.478 e. The van der Waals surface area contributed by atoms with Crippen LogP contribution in [0.15, 0.2) is 30.3 Å². The van der Waals surface area contributed by atoms with Gasteiger partial charge < -0.3 is 5.11 Å². The molecule has 0 saturated carbocycles. The van der Waals surface area contributed by atoms with Gasteiger partial charge in [0.15, 0.2) is 0 Å². The molecule has 0 amide bonds. The zero-order chi connectivity index (χ0) is 14.1. The van der Waals surface area contributed by atoms with Crippen LogP contribution >= 0.6 is 0 Å². The van der Waals surface area contributed by atoms with Crippen molar-refractivity contribution in [2.45, 2.75) is 33.2 Å². The number of benzene rings is 1. The van der Waals surface area contributed by atoms with Gasteiger partial charge in [0.2, 0.25) is 0 Å². The summed E-state index contributed by atoms with van der Waals surface area (Å²) in [7, 11) is 0. The topological polar surface area (TPSA) is 40.5 Å². The fourth-order valence-electron chi connectivity index (χ4n) is 1.95. The summed E-state index contributed by atoms with van der Waals surface area (Å²) in [6, 6.07) is 8.04. The standard InChI is InChI=1S/C16H23NO2/c1-3-5-11-17(4-2)13-15-8-6-7-14(12-15)9-10-16(18)19/h6-10,12H,3-5,11,13H2,1-2H3,(H,18,19). The molecule has 0 fully saturated rings. The van der Waals surface area contributed by atoms with Gasteiger partial charge in [-0.2, -0.15) is 0 Å². The Morgan fingerprint density at radius 2 is 2.16 bits per heavy atom. The summed E-state index contributed by atoms with van der Waals surface area (Å²) >= 11 is 0. The van der Waals surface area contributed by atoms with E-state index in [9.17, 15) is 4.79 Å². The number of rotatable bonds is 8. The van der Waals surface area contributed by atoms with E-state index in [-0.39, 0.29) is 0 Å². The van der Waals surface area contributed by atoms with Gasteiger partial charge in [0.05, 0.1) is 0 Å². The molecule has 3 heteroatoms. The number of carboxylic acids is 1. The average Bonchev–Trinajstić information content (AvgIpc) is 2.41. The maximum absolute atomic E-state index is 10.5. The number of hydrogen-bond donors (Lipinski definition) is 1. The molecule has 1 N–H and O–H groups in total. The van der Waals surface area contributed by atoms with Gasteiger partial charge in [-0.1, -0.05) is 44.5 Å². The van der Waals surface area contributed by atoms with Crippen LogP contribution in [0.3, 0.4) is 0 Å². The predicted octanol–water partition coefficient (Wildman–Crippen LogP) is 3.41. The summed E-state index contributed by atoms with van der Waals surface area (Å²) in [6.45, 7) is 7.44. The van der Waals surface area contributed by atoms with E-state index < -0.39 is 5.97 Å². The van der Waals surface area contributed by atoms with Crippen LogP contribution in [0.5, 0.6) is 0 Å². The average molecular weight is 261 g/mol. The number of unbranched alkanes of at least 4 members (excludes halogenated alkanes) is 1. The summed E-state index contributed by atoms with van der Waals surface area (Å²) in [5.41, 5.74) is 2.16. The van der Waals surface area contributed by atoms with E-state index in [0.717, 1.165) is 25.2 Å². The van der Waals surface area contributed by atoms with Gasteiger partial charge in [0, 0.05) is 12.6 Å². The third-order valence-electron chi connectivity index (χ3n) is 3.05. The molecular formula is C16H23NO2. The molecule has 0 heterocycles. The maximum atomic E-state index is 10.5. The van der Waals surface area contributed by atoms with Crippen LogP contribution in [-0.2, 0) is 11.3 Å². The number of nitrogens with zero attached hydrogens (tertiary/aromatic N) is 1. The van der Waals surface area contributed by atoms with Gasteiger partial charge in [0.1, 0.15) is 0 Å². The Morgan fingerprint density at radius 3 is 2.79 bits per heavy atom. The summed E-state index contributed by atoms with van der Waals surface area (Å²) in [6.07, 6.45) is 5.23. The molecule has 1 aromatic carbocycles. The monoisotopic (exact) mass is 261 g/mol. The lowest BCUT2D eigenvalue weighted by Crippen LogP contribution is -2.23. The third kappa shape index (κ3) is 6.20. The highest BCUT2D eigenvalue weighted by Gasteiger charge is 2.03. The predicted molar refractivity (Wildman–Crippen MR) is 79.0 cm³/mol. The first-order valence-corrected chi connectivity index (χ1v) is 6.88. The Balaban J connectivity index is 2.67. The molecule has 0 spiro atoms. The first kappa shape index (κ1) is 15.4. The zero-order valence-corrected chi connectivity index (χ0v) is 11.8. The van der Waals surface area contributed by atoms with Gasteiger partial charge in [-0.25, -0.2) is 4.79 Å². The second kappa shape index (κ2) is 8.48. The molecule has 1 aromatic rings.